The van der Waals surface area contributed by atoms with Crippen LogP contribution in [0.2, 0.25) is 0 Å². The van der Waals surface area contributed by atoms with Crippen molar-refractivity contribution in [3.05, 3.63) is 30.2 Å². The molecule has 1 aliphatic heterocycles. The van der Waals surface area contributed by atoms with E-state index in [1.165, 1.54) is 0 Å². The molecule has 2 heterocycles. The molecule has 6 heteroatoms. The Balaban J connectivity index is 1.85. The first-order chi connectivity index (χ1) is 10.3. The van der Waals surface area contributed by atoms with E-state index in [0.29, 0.717) is 24.4 Å². The number of aromatic nitrogens is 2. The van der Waals surface area contributed by atoms with Gasteiger partial charge < -0.3 is 19.3 Å². The molecular formula is C15H19N3O3. The second kappa shape index (κ2) is 6.24. The van der Waals surface area contributed by atoms with Gasteiger partial charge in [-0.1, -0.05) is 17.3 Å². The van der Waals surface area contributed by atoms with Crippen LogP contribution >= 0.6 is 0 Å². The first-order valence-electron chi connectivity index (χ1n) is 7.05. The highest BCUT2D eigenvalue weighted by molar-refractivity contribution is 5.56. The van der Waals surface area contributed by atoms with Crippen molar-refractivity contribution in [3.63, 3.8) is 0 Å². The van der Waals surface area contributed by atoms with E-state index >= 15 is 0 Å². The number of nitrogens with zero attached hydrogens (tertiary/aromatic N) is 2. The van der Waals surface area contributed by atoms with Crippen LogP contribution in [0.15, 0.2) is 28.8 Å². The molecule has 112 valence electrons. The van der Waals surface area contributed by atoms with Crippen molar-refractivity contribution in [2.45, 2.75) is 18.4 Å². The van der Waals surface area contributed by atoms with Gasteiger partial charge in [-0.25, -0.2) is 0 Å². The zero-order valence-corrected chi connectivity index (χ0v) is 12.2. The molecule has 0 saturated carbocycles. The lowest BCUT2D eigenvalue weighted by Crippen LogP contribution is -2.39. The van der Waals surface area contributed by atoms with E-state index < -0.39 is 0 Å². The molecule has 21 heavy (non-hydrogen) atoms. The Morgan fingerprint density at radius 1 is 1.38 bits per heavy atom. The smallest absolute Gasteiger partial charge is 0.233 e. The standard InChI is InChI=1S/C15H19N3O3/c1-16-13-6-7-20-9-12(13)15-17-14(18-21-15)10-4-3-5-11(8-10)19-2/h3-5,8,12-13,16H,6-7,9H2,1-2H3. The lowest BCUT2D eigenvalue weighted by atomic mass is 9.96. The number of ether oxygens (including phenoxy) is 2. The third-order valence-corrected chi connectivity index (χ3v) is 3.81. The number of methoxy groups -OCH3 is 1. The Morgan fingerprint density at radius 2 is 2.29 bits per heavy atom. The summed E-state index contributed by atoms with van der Waals surface area (Å²) in [7, 11) is 3.58. The van der Waals surface area contributed by atoms with Gasteiger partial charge in [0.2, 0.25) is 11.7 Å². The Labute approximate surface area is 123 Å². The van der Waals surface area contributed by atoms with Crippen LogP contribution in [0.1, 0.15) is 18.2 Å². The lowest BCUT2D eigenvalue weighted by molar-refractivity contribution is 0.0516. The summed E-state index contributed by atoms with van der Waals surface area (Å²) in [5.41, 5.74) is 0.877. The lowest BCUT2D eigenvalue weighted by Gasteiger charge is -2.28. The molecule has 0 radical (unpaired) electrons. The molecule has 1 aromatic heterocycles. The van der Waals surface area contributed by atoms with E-state index in [0.717, 1.165) is 24.3 Å². The van der Waals surface area contributed by atoms with E-state index in [1.807, 2.05) is 31.3 Å². The molecule has 0 amide bonds. The van der Waals surface area contributed by atoms with E-state index in [4.69, 9.17) is 14.0 Å². The molecule has 2 atom stereocenters. The predicted octanol–water partition coefficient (Wildman–Crippen LogP) is 1.84. The van der Waals surface area contributed by atoms with E-state index in [9.17, 15) is 0 Å². The van der Waals surface area contributed by atoms with Crippen molar-refractivity contribution in [1.29, 1.82) is 0 Å². The zero-order valence-electron chi connectivity index (χ0n) is 12.2. The maximum absolute atomic E-state index is 5.53. The number of likely N-dealkylation sites (N-methyl/N-ethyl adjacent to an activating group) is 1. The topological polar surface area (TPSA) is 69.4 Å². The van der Waals surface area contributed by atoms with Crippen LogP contribution in [0.5, 0.6) is 5.75 Å². The fourth-order valence-electron chi connectivity index (χ4n) is 2.59. The monoisotopic (exact) mass is 289 g/mol. The first-order valence-corrected chi connectivity index (χ1v) is 7.05. The quantitative estimate of drug-likeness (QED) is 0.926. The van der Waals surface area contributed by atoms with Crippen LogP contribution in [0.3, 0.4) is 0 Å². The van der Waals surface area contributed by atoms with Crippen molar-refractivity contribution < 1.29 is 14.0 Å². The van der Waals surface area contributed by atoms with Gasteiger partial charge in [0, 0.05) is 18.2 Å². The van der Waals surface area contributed by atoms with Crippen LogP contribution in [0.25, 0.3) is 11.4 Å². The summed E-state index contributed by atoms with van der Waals surface area (Å²) in [6, 6.07) is 7.92. The molecule has 2 aromatic rings. The molecule has 1 fully saturated rings. The Morgan fingerprint density at radius 3 is 3.10 bits per heavy atom. The molecule has 0 spiro atoms. The van der Waals surface area contributed by atoms with Gasteiger partial charge in [-0.15, -0.1) is 0 Å². The van der Waals surface area contributed by atoms with Gasteiger partial charge in [0.15, 0.2) is 0 Å². The Bertz CT molecular complexity index is 599. The highest BCUT2D eigenvalue weighted by atomic mass is 16.5. The number of rotatable bonds is 4. The summed E-state index contributed by atoms with van der Waals surface area (Å²) in [6.45, 7) is 1.37. The van der Waals surface area contributed by atoms with Gasteiger partial charge in [-0.05, 0) is 25.6 Å². The highest BCUT2D eigenvalue weighted by Crippen LogP contribution is 2.27. The van der Waals surface area contributed by atoms with Gasteiger partial charge in [-0.3, -0.25) is 0 Å². The minimum Gasteiger partial charge on any atom is -0.497 e. The normalized spacial score (nSPS) is 22.2. The maximum Gasteiger partial charge on any atom is 0.233 e. The van der Waals surface area contributed by atoms with Crippen molar-refractivity contribution in [1.82, 2.24) is 15.5 Å². The minimum absolute atomic E-state index is 0.0932. The molecular weight excluding hydrogens is 270 g/mol. The summed E-state index contributed by atoms with van der Waals surface area (Å²) in [4.78, 5) is 4.52. The Hall–Kier alpha value is -1.92. The van der Waals surface area contributed by atoms with Crippen LogP contribution in [-0.4, -0.2) is 43.6 Å². The van der Waals surface area contributed by atoms with Crippen LogP contribution in [0.4, 0.5) is 0 Å². The molecule has 1 saturated heterocycles. The number of nitrogens with one attached hydrogen (secondary N) is 1. The zero-order chi connectivity index (χ0) is 14.7. The fraction of sp³-hybridized carbons (Fsp3) is 0.467. The molecule has 1 N–H and O–H groups in total. The number of hydrogen-bond donors (Lipinski definition) is 1. The first kappa shape index (κ1) is 14.0. The average Bonchev–Trinajstić information content (AvgIpc) is 3.04. The van der Waals surface area contributed by atoms with Gasteiger partial charge in [0.1, 0.15) is 5.75 Å². The third-order valence-electron chi connectivity index (χ3n) is 3.81. The molecule has 3 rings (SSSR count). The fourth-order valence-corrected chi connectivity index (χ4v) is 2.59. The van der Waals surface area contributed by atoms with Gasteiger partial charge in [-0.2, -0.15) is 4.98 Å². The summed E-state index contributed by atoms with van der Waals surface area (Å²) in [5.74, 6) is 2.06. The van der Waals surface area contributed by atoms with Gasteiger partial charge >= 0.3 is 0 Å². The van der Waals surface area contributed by atoms with E-state index in [-0.39, 0.29) is 5.92 Å². The average molecular weight is 289 g/mol. The predicted molar refractivity (Wildman–Crippen MR) is 77.3 cm³/mol. The number of hydrogen-bond acceptors (Lipinski definition) is 6. The molecule has 6 nitrogen and oxygen atoms in total. The minimum atomic E-state index is 0.0932. The Kier molecular flexibility index (Phi) is 4.17. The van der Waals surface area contributed by atoms with Crippen molar-refractivity contribution in [2.24, 2.45) is 0 Å². The summed E-state index contributed by atoms with van der Waals surface area (Å²) in [6.07, 6.45) is 0.942. The highest BCUT2D eigenvalue weighted by Gasteiger charge is 2.30. The SMILES string of the molecule is CNC1CCOCC1c1nc(-c2cccc(OC)c2)no1. The largest absolute Gasteiger partial charge is 0.497 e. The second-order valence-electron chi connectivity index (χ2n) is 5.05. The maximum atomic E-state index is 5.53. The second-order valence-corrected chi connectivity index (χ2v) is 5.05. The van der Waals surface area contributed by atoms with Crippen LogP contribution in [0, 0.1) is 0 Å². The van der Waals surface area contributed by atoms with Crippen LogP contribution in [-0.2, 0) is 4.74 Å². The summed E-state index contributed by atoms with van der Waals surface area (Å²) in [5, 5.41) is 7.37. The summed E-state index contributed by atoms with van der Waals surface area (Å²) >= 11 is 0. The summed E-state index contributed by atoms with van der Waals surface area (Å²) < 4.78 is 16.2. The van der Waals surface area contributed by atoms with E-state index in [1.54, 1.807) is 7.11 Å². The number of benzene rings is 1. The van der Waals surface area contributed by atoms with Gasteiger partial charge in [0.05, 0.1) is 19.6 Å². The van der Waals surface area contributed by atoms with Crippen molar-refractivity contribution in [2.75, 3.05) is 27.4 Å². The third kappa shape index (κ3) is 2.91. The van der Waals surface area contributed by atoms with E-state index in [2.05, 4.69) is 15.5 Å². The molecule has 0 bridgehead atoms. The molecule has 2 unspecified atom stereocenters. The van der Waals surface area contributed by atoms with Crippen molar-refractivity contribution >= 4 is 0 Å². The van der Waals surface area contributed by atoms with Crippen LogP contribution < -0.4 is 10.1 Å². The van der Waals surface area contributed by atoms with Gasteiger partial charge in [0.25, 0.3) is 0 Å². The molecule has 1 aromatic carbocycles. The molecule has 1 aliphatic rings. The molecule has 0 aliphatic carbocycles. The van der Waals surface area contributed by atoms with Crippen molar-refractivity contribution in [3.8, 4) is 17.1 Å².